The van der Waals surface area contributed by atoms with Crippen molar-refractivity contribution < 1.29 is 0 Å². The summed E-state index contributed by atoms with van der Waals surface area (Å²) >= 11 is 0. The van der Waals surface area contributed by atoms with E-state index in [0.29, 0.717) is 10.8 Å². The lowest BCUT2D eigenvalue weighted by atomic mass is 9.47. The molecule has 10 atom stereocenters. The average molecular weight is 381 g/mol. The summed E-state index contributed by atoms with van der Waals surface area (Å²) in [6.45, 7) is 12.0. The lowest BCUT2D eigenvalue weighted by Gasteiger charge is -2.58. The third-order valence-corrected chi connectivity index (χ3v) is 11.5. The molecular formula is C27H42N. The van der Waals surface area contributed by atoms with Crippen LogP contribution in [-0.2, 0) is 0 Å². The zero-order valence-electron chi connectivity index (χ0n) is 18.8. The third kappa shape index (κ3) is 2.24. The van der Waals surface area contributed by atoms with E-state index in [0.717, 1.165) is 47.6 Å². The van der Waals surface area contributed by atoms with E-state index in [1.807, 2.05) is 5.57 Å². The monoisotopic (exact) mass is 380 g/mol. The Hall–Kier alpha value is -0.300. The van der Waals surface area contributed by atoms with Crippen LogP contribution in [0, 0.1) is 52.8 Å². The molecule has 0 amide bonds. The summed E-state index contributed by atoms with van der Waals surface area (Å²) in [5.74, 6) is 5.77. The van der Waals surface area contributed by atoms with Crippen LogP contribution in [0.1, 0.15) is 85.5 Å². The SMILES string of the molecule is C[C@H]1CC[C@@H]2[C@@H](C)[C@H]3[C@H](C[C@H]4[C@@H]5CC=C6C[CH]CC[C@]6(C)[C@H]5CC[C@]34C)N2C1. The quantitative estimate of drug-likeness (QED) is 0.434. The highest BCUT2D eigenvalue weighted by Gasteiger charge is 2.66. The van der Waals surface area contributed by atoms with Crippen LogP contribution in [0.3, 0.4) is 0 Å². The zero-order valence-corrected chi connectivity index (χ0v) is 18.8. The van der Waals surface area contributed by atoms with Gasteiger partial charge in [-0.2, -0.15) is 0 Å². The third-order valence-electron chi connectivity index (χ3n) is 11.5. The number of hydrogen-bond donors (Lipinski definition) is 0. The van der Waals surface area contributed by atoms with Gasteiger partial charge in [0.1, 0.15) is 0 Å². The van der Waals surface area contributed by atoms with Crippen LogP contribution in [0.15, 0.2) is 11.6 Å². The molecule has 28 heavy (non-hydrogen) atoms. The Bertz CT molecular complexity index is 680. The van der Waals surface area contributed by atoms with Gasteiger partial charge in [0.2, 0.25) is 0 Å². The molecule has 0 aromatic rings. The second-order valence-corrected chi connectivity index (χ2v) is 12.5. The molecule has 0 spiro atoms. The molecule has 2 saturated heterocycles. The molecule has 0 bridgehead atoms. The van der Waals surface area contributed by atoms with Gasteiger partial charge in [0.15, 0.2) is 0 Å². The molecule has 1 radical (unpaired) electrons. The first kappa shape index (κ1) is 18.5. The van der Waals surface area contributed by atoms with E-state index < -0.39 is 0 Å². The van der Waals surface area contributed by atoms with Gasteiger partial charge >= 0.3 is 0 Å². The fourth-order valence-electron chi connectivity index (χ4n) is 10.2. The topological polar surface area (TPSA) is 3.24 Å². The van der Waals surface area contributed by atoms with Gasteiger partial charge in [-0.15, -0.1) is 0 Å². The van der Waals surface area contributed by atoms with Gasteiger partial charge in [0.05, 0.1) is 0 Å². The molecule has 4 aliphatic carbocycles. The van der Waals surface area contributed by atoms with E-state index >= 15 is 0 Å². The molecule has 155 valence electrons. The van der Waals surface area contributed by atoms with Crippen LogP contribution in [0.25, 0.3) is 0 Å². The van der Waals surface area contributed by atoms with E-state index in [-0.39, 0.29) is 0 Å². The smallest absolute Gasteiger partial charge is 0.0138 e. The van der Waals surface area contributed by atoms with E-state index in [9.17, 15) is 0 Å². The van der Waals surface area contributed by atoms with E-state index in [4.69, 9.17) is 0 Å². The molecule has 5 fully saturated rings. The first-order chi connectivity index (χ1) is 13.4. The van der Waals surface area contributed by atoms with Crippen molar-refractivity contribution in [3.63, 3.8) is 0 Å². The average Bonchev–Trinajstić information content (AvgIpc) is 3.14. The Balaban J connectivity index is 1.34. The van der Waals surface area contributed by atoms with Gasteiger partial charge in [-0.3, -0.25) is 4.90 Å². The summed E-state index contributed by atoms with van der Waals surface area (Å²) in [5, 5.41) is 0. The first-order valence-electron chi connectivity index (χ1n) is 12.7. The summed E-state index contributed by atoms with van der Waals surface area (Å²) in [6.07, 6.45) is 18.3. The second kappa shape index (κ2) is 6.12. The molecule has 3 saturated carbocycles. The van der Waals surface area contributed by atoms with E-state index in [1.165, 1.54) is 64.3 Å². The minimum absolute atomic E-state index is 0.532. The van der Waals surface area contributed by atoms with Gasteiger partial charge in [-0.1, -0.05) is 39.3 Å². The Morgan fingerprint density at radius 2 is 1.86 bits per heavy atom. The number of rotatable bonds is 0. The highest BCUT2D eigenvalue weighted by Crippen LogP contribution is 2.69. The highest BCUT2D eigenvalue weighted by atomic mass is 15.2. The molecule has 2 heterocycles. The Morgan fingerprint density at radius 3 is 2.71 bits per heavy atom. The van der Waals surface area contributed by atoms with Gasteiger partial charge in [0.25, 0.3) is 0 Å². The lowest BCUT2D eigenvalue weighted by molar-refractivity contribution is -0.0484. The van der Waals surface area contributed by atoms with Crippen molar-refractivity contribution in [2.24, 2.45) is 46.3 Å². The van der Waals surface area contributed by atoms with Gasteiger partial charge in [-0.05, 0) is 111 Å². The highest BCUT2D eigenvalue weighted by molar-refractivity contribution is 5.27. The molecule has 6 aliphatic rings. The number of allylic oxidation sites excluding steroid dienone is 2. The molecular weight excluding hydrogens is 338 g/mol. The standard InChI is InChI=1S/C27H42N/c1-17-8-11-23-18(2)25-24(28(23)16-17)15-22-20-10-9-19-7-5-6-13-26(19,3)21(20)12-14-27(22,25)4/h5,9,17-18,20-25H,6-8,10-16H2,1-4H3/t17-,18+,20+,21-,22-,23+,24-,25-,26-,27-/m0/s1. The van der Waals surface area contributed by atoms with Crippen molar-refractivity contribution in [1.82, 2.24) is 4.90 Å². The molecule has 0 N–H and O–H groups in total. The van der Waals surface area contributed by atoms with Crippen LogP contribution in [0.2, 0.25) is 0 Å². The van der Waals surface area contributed by atoms with Crippen molar-refractivity contribution in [2.45, 2.75) is 97.6 Å². The summed E-state index contributed by atoms with van der Waals surface area (Å²) in [5.41, 5.74) is 2.97. The normalized spacial score (nSPS) is 58.2. The number of nitrogens with zero attached hydrogens (tertiary/aromatic N) is 1. The fourth-order valence-corrected chi connectivity index (χ4v) is 10.2. The van der Waals surface area contributed by atoms with Crippen LogP contribution < -0.4 is 0 Å². The molecule has 0 aromatic heterocycles. The summed E-state index contributed by atoms with van der Waals surface area (Å²) < 4.78 is 0. The predicted octanol–water partition coefficient (Wildman–Crippen LogP) is 6.50. The van der Waals surface area contributed by atoms with Crippen molar-refractivity contribution >= 4 is 0 Å². The minimum atomic E-state index is 0.532. The molecule has 0 unspecified atom stereocenters. The molecule has 6 rings (SSSR count). The lowest BCUT2D eigenvalue weighted by Crippen LogP contribution is -2.50. The molecule has 0 aromatic carbocycles. The fraction of sp³-hybridized carbons (Fsp3) is 0.889. The van der Waals surface area contributed by atoms with Gasteiger partial charge in [-0.25, -0.2) is 0 Å². The van der Waals surface area contributed by atoms with Crippen molar-refractivity contribution in [3.05, 3.63) is 18.1 Å². The Kier molecular flexibility index (Phi) is 4.03. The Labute approximate surface area is 173 Å². The minimum Gasteiger partial charge on any atom is -0.297 e. The first-order valence-corrected chi connectivity index (χ1v) is 12.7. The summed E-state index contributed by atoms with van der Waals surface area (Å²) in [4.78, 5) is 3.05. The van der Waals surface area contributed by atoms with Crippen LogP contribution >= 0.6 is 0 Å². The van der Waals surface area contributed by atoms with E-state index in [1.54, 1.807) is 0 Å². The van der Waals surface area contributed by atoms with Gasteiger partial charge < -0.3 is 0 Å². The largest absolute Gasteiger partial charge is 0.297 e. The van der Waals surface area contributed by atoms with Crippen molar-refractivity contribution in [1.29, 1.82) is 0 Å². The zero-order chi connectivity index (χ0) is 19.3. The maximum absolute atomic E-state index is 3.05. The summed E-state index contributed by atoms with van der Waals surface area (Å²) in [7, 11) is 0. The van der Waals surface area contributed by atoms with Crippen LogP contribution in [0.4, 0.5) is 0 Å². The van der Waals surface area contributed by atoms with Crippen molar-refractivity contribution in [2.75, 3.05) is 6.54 Å². The molecule has 1 nitrogen and oxygen atoms in total. The van der Waals surface area contributed by atoms with Crippen LogP contribution in [0.5, 0.6) is 0 Å². The number of hydrogen-bond acceptors (Lipinski definition) is 1. The van der Waals surface area contributed by atoms with E-state index in [2.05, 4.69) is 45.1 Å². The second-order valence-electron chi connectivity index (χ2n) is 12.5. The predicted molar refractivity (Wildman–Crippen MR) is 117 cm³/mol. The summed E-state index contributed by atoms with van der Waals surface area (Å²) in [6, 6.07) is 1.82. The number of fused-ring (bicyclic) bond motifs is 9. The van der Waals surface area contributed by atoms with Crippen molar-refractivity contribution in [3.8, 4) is 0 Å². The molecule has 2 aliphatic heterocycles. The number of piperidine rings is 1. The maximum Gasteiger partial charge on any atom is 0.0138 e. The van der Waals surface area contributed by atoms with Crippen LogP contribution in [-0.4, -0.2) is 23.5 Å². The Morgan fingerprint density at radius 1 is 1.00 bits per heavy atom. The van der Waals surface area contributed by atoms with Gasteiger partial charge in [0, 0.05) is 18.6 Å². The maximum atomic E-state index is 3.05. The molecule has 1 heteroatoms.